The summed E-state index contributed by atoms with van der Waals surface area (Å²) in [5.74, 6) is -0.0878. The minimum atomic E-state index is -0.181. The van der Waals surface area contributed by atoms with Crippen molar-refractivity contribution in [2.45, 2.75) is 32.2 Å². The van der Waals surface area contributed by atoms with Crippen LogP contribution in [0, 0.1) is 3.57 Å². The number of rotatable bonds is 3. The Hall–Kier alpha value is -1.11. The predicted molar refractivity (Wildman–Crippen MR) is 80.2 cm³/mol. The summed E-state index contributed by atoms with van der Waals surface area (Å²) in [5.41, 5.74) is 0.322. The van der Waals surface area contributed by atoms with Crippen LogP contribution in [0.4, 0.5) is 0 Å². The summed E-state index contributed by atoms with van der Waals surface area (Å²) >= 11 is 2.11. The maximum Gasteiger partial charge on any atom is 0.257 e. The molecule has 5 heteroatoms. The second-order valence-corrected chi connectivity index (χ2v) is 6.11. The van der Waals surface area contributed by atoms with E-state index >= 15 is 0 Å². The Morgan fingerprint density at radius 2 is 2.21 bits per heavy atom. The first kappa shape index (κ1) is 14.3. The molecule has 1 atom stereocenters. The third-order valence-corrected chi connectivity index (χ3v) is 4.02. The van der Waals surface area contributed by atoms with Crippen molar-refractivity contribution in [2.75, 3.05) is 6.54 Å². The number of Topliss-reactive ketones (excluding diaryl/α,β-unsaturated/α-hetero) is 1. The van der Waals surface area contributed by atoms with E-state index in [2.05, 4.69) is 22.6 Å². The average molecular weight is 373 g/mol. The molecule has 102 valence electrons. The Balaban J connectivity index is 2.23. The number of phenolic OH excluding ortho intramolecular Hbond substituents is 1. The van der Waals surface area contributed by atoms with Crippen molar-refractivity contribution in [1.82, 2.24) is 4.90 Å². The van der Waals surface area contributed by atoms with Crippen LogP contribution in [0.15, 0.2) is 18.2 Å². The number of aromatic hydroxyl groups is 1. The zero-order chi connectivity index (χ0) is 14.0. The van der Waals surface area contributed by atoms with Crippen molar-refractivity contribution in [1.29, 1.82) is 0 Å². The SMILES string of the molecule is CC(=O)CC1CCCN1C(=O)c1cc(I)ccc1O. The number of likely N-dealkylation sites (tertiary alicyclic amines) is 1. The molecular formula is C14H16INO3. The average Bonchev–Trinajstić information content (AvgIpc) is 2.78. The normalized spacial score (nSPS) is 18.6. The van der Waals surface area contributed by atoms with Gasteiger partial charge in [0.25, 0.3) is 5.91 Å². The van der Waals surface area contributed by atoms with Crippen LogP contribution in [0.3, 0.4) is 0 Å². The predicted octanol–water partition coefficient (Wildman–Crippen LogP) is 2.58. The Bertz CT molecular complexity index is 515. The molecular weight excluding hydrogens is 357 g/mol. The Morgan fingerprint density at radius 3 is 2.89 bits per heavy atom. The van der Waals surface area contributed by atoms with Crippen LogP contribution in [0.5, 0.6) is 5.75 Å². The van der Waals surface area contributed by atoms with E-state index in [4.69, 9.17) is 0 Å². The number of ketones is 1. The van der Waals surface area contributed by atoms with Crippen molar-refractivity contribution >= 4 is 34.3 Å². The summed E-state index contributed by atoms with van der Waals surface area (Å²) < 4.78 is 0.904. The Morgan fingerprint density at radius 1 is 1.47 bits per heavy atom. The lowest BCUT2D eigenvalue weighted by atomic mass is 10.1. The van der Waals surface area contributed by atoms with Crippen LogP contribution in [0.25, 0.3) is 0 Å². The maximum absolute atomic E-state index is 12.5. The number of carbonyl (C=O) groups excluding carboxylic acids is 2. The summed E-state index contributed by atoms with van der Waals surface area (Å²) in [4.78, 5) is 25.4. The third-order valence-electron chi connectivity index (χ3n) is 3.35. The van der Waals surface area contributed by atoms with Gasteiger partial charge < -0.3 is 10.0 Å². The van der Waals surface area contributed by atoms with Gasteiger partial charge in [-0.15, -0.1) is 0 Å². The molecule has 0 saturated carbocycles. The first-order valence-corrected chi connectivity index (χ1v) is 7.36. The van der Waals surface area contributed by atoms with Crippen molar-refractivity contribution in [3.05, 3.63) is 27.3 Å². The van der Waals surface area contributed by atoms with E-state index in [9.17, 15) is 14.7 Å². The van der Waals surface area contributed by atoms with E-state index in [0.29, 0.717) is 18.5 Å². The molecule has 1 aliphatic heterocycles. The standard InChI is InChI=1S/C14H16INO3/c1-9(17)7-11-3-2-6-16(11)14(19)12-8-10(15)4-5-13(12)18/h4-5,8,11,18H,2-3,6-7H2,1H3. The number of hydrogen-bond acceptors (Lipinski definition) is 3. The second kappa shape index (κ2) is 5.90. The van der Waals surface area contributed by atoms with Gasteiger partial charge in [0.1, 0.15) is 11.5 Å². The van der Waals surface area contributed by atoms with Gasteiger partial charge in [0, 0.05) is 22.6 Å². The minimum absolute atomic E-state index is 0.00103. The molecule has 1 saturated heterocycles. The number of amides is 1. The van der Waals surface area contributed by atoms with Crippen molar-refractivity contribution in [3.63, 3.8) is 0 Å². The minimum Gasteiger partial charge on any atom is -0.507 e. The summed E-state index contributed by atoms with van der Waals surface area (Å²) in [7, 11) is 0. The lowest BCUT2D eigenvalue weighted by molar-refractivity contribution is -0.117. The van der Waals surface area contributed by atoms with Gasteiger partial charge in [0.2, 0.25) is 0 Å². The number of phenols is 1. The third kappa shape index (κ3) is 3.26. The van der Waals surface area contributed by atoms with Crippen LogP contribution in [-0.4, -0.2) is 34.3 Å². The molecule has 0 radical (unpaired) electrons. The van der Waals surface area contributed by atoms with Crippen LogP contribution < -0.4 is 0 Å². The lowest BCUT2D eigenvalue weighted by Crippen LogP contribution is -2.36. The van der Waals surface area contributed by atoms with E-state index < -0.39 is 0 Å². The monoisotopic (exact) mass is 373 g/mol. The molecule has 1 heterocycles. The number of carbonyl (C=O) groups is 2. The largest absolute Gasteiger partial charge is 0.507 e. The highest BCUT2D eigenvalue weighted by Crippen LogP contribution is 2.27. The summed E-state index contributed by atoms with van der Waals surface area (Å²) in [5, 5.41) is 9.82. The first-order chi connectivity index (χ1) is 8.99. The molecule has 1 fully saturated rings. The fourth-order valence-corrected chi connectivity index (χ4v) is 2.97. The molecule has 0 bridgehead atoms. The van der Waals surface area contributed by atoms with Gasteiger partial charge in [0.15, 0.2) is 0 Å². The Labute approximate surface area is 125 Å². The van der Waals surface area contributed by atoms with Crippen molar-refractivity contribution < 1.29 is 14.7 Å². The van der Waals surface area contributed by atoms with Crippen LogP contribution in [-0.2, 0) is 4.79 Å². The molecule has 1 N–H and O–H groups in total. The molecule has 2 rings (SSSR count). The van der Waals surface area contributed by atoms with Gasteiger partial charge in [-0.05, 0) is 60.6 Å². The van der Waals surface area contributed by atoms with Crippen LogP contribution in [0.2, 0.25) is 0 Å². The van der Waals surface area contributed by atoms with E-state index in [0.717, 1.165) is 16.4 Å². The highest BCUT2D eigenvalue weighted by atomic mass is 127. The van der Waals surface area contributed by atoms with Crippen LogP contribution >= 0.6 is 22.6 Å². The smallest absolute Gasteiger partial charge is 0.257 e. The summed E-state index contributed by atoms with van der Waals surface area (Å²) in [6.07, 6.45) is 2.17. The number of hydrogen-bond donors (Lipinski definition) is 1. The zero-order valence-corrected chi connectivity index (χ0v) is 12.9. The number of halogens is 1. The van der Waals surface area contributed by atoms with Crippen molar-refractivity contribution in [2.24, 2.45) is 0 Å². The molecule has 0 aromatic heterocycles. The summed E-state index contributed by atoms with van der Waals surface area (Å²) in [6, 6.07) is 4.94. The Kier molecular flexibility index (Phi) is 4.44. The number of nitrogens with zero attached hydrogens (tertiary/aromatic N) is 1. The number of benzene rings is 1. The van der Waals surface area contributed by atoms with Gasteiger partial charge in [-0.3, -0.25) is 9.59 Å². The van der Waals surface area contributed by atoms with Gasteiger partial charge in [0.05, 0.1) is 5.56 Å². The summed E-state index contributed by atoms with van der Waals surface area (Å²) in [6.45, 7) is 2.20. The molecule has 4 nitrogen and oxygen atoms in total. The van der Waals surface area contributed by atoms with E-state index in [-0.39, 0.29) is 23.5 Å². The highest BCUT2D eigenvalue weighted by molar-refractivity contribution is 14.1. The van der Waals surface area contributed by atoms with Crippen LogP contribution in [0.1, 0.15) is 36.5 Å². The van der Waals surface area contributed by atoms with Gasteiger partial charge in [-0.25, -0.2) is 0 Å². The molecule has 1 amide bonds. The molecule has 0 aliphatic carbocycles. The van der Waals surface area contributed by atoms with Gasteiger partial charge >= 0.3 is 0 Å². The lowest BCUT2D eigenvalue weighted by Gasteiger charge is -2.24. The first-order valence-electron chi connectivity index (χ1n) is 6.28. The van der Waals surface area contributed by atoms with Gasteiger partial charge in [-0.1, -0.05) is 0 Å². The van der Waals surface area contributed by atoms with Crippen molar-refractivity contribution in [3.8, 4) is 5.75 Å². The highest BCUT2D eigenvalue weighted by Gasteiger charge is 2.31. The fraction of sp³-hybridized carbons (Fsp3) is 0.429. The fourth-order valence-electron chi connectivity index (χ4n) is 2.48. The molecule has 1 unspecified atom stereocenters. The molecule has 1 aliphatic rings. The van der Waals surface area contributed by atoms with E-state index in [1.165, 1.54) is 6.07 Å². The molecule has 1 aromatic rings. The van der Waals surface area contributed by atoms with E-state index in [1.807, 2.05) is 0 Å². The second-order valence-electron chi connectivity index (χ2n) is 4.86. The van der Waals surface area contributed by atoms with Gasteiger partial charge in [-0.2, -0.15) is 0 Å². The topological polar surface area (TPSA) is 57.6 Å². The van der Waals surface area contributed by atoms with E-state index in [1.54, 1.807) is 24.0 Å². The maximum atomic E-state index is 12.5. The molecule has 1 aromatic carbocycles. The molecule has 19 heavy (non-hydrogen) atoms. The quantitative estimate of drug-likeness (QED) is 0.829. The zero-order valence-electron chi connectivity index (χ0n) is 10.7. The molecule has 0 spiro atoms.